The minimum atomic E-state index is -0.724. The average molecular weight is 461 g/mol. The van der Waals surface area contributed by atoms with Gasteiger partial charge in [0.25, 0.3) is 11.9 Å². The van der Waals surface area contributed by atoms with Crippen molar-refractivity contribution >= 4 is 23.9 Å². The van der Waals surface area contributed by atoms with Gasteiger partial charge in [-0.15, -0.1) is 0 Å². The summed E-state index contributed by atoms with van der Waals surface area (Å²) in [6.07, 6.45) is 2.79. The van der Waals surface area contributed by atoms with Crippen LogP contribution in [-0.2, 0) is 21.1 Å². The standard InChI is InChI=1S/C26H24FN3O4/c1-28-26(31)25(30-32-2)23-14-7-6-12-21(23)18-33-29-17-20-11-8-13-22(15-20)34-24(27)16-19-9-4-3-5-10-19/h3-17H,18H2,1-2H3,(H,28,31)/b24-16-,29-17+,30-25+. The zero-order valence-corrected chi connectivity index (χ0v) is 18.8. The second-order valence-corrected chi connectivity index (χ2v) is 6.90. The van der Waals surface area contributed by atoms with Crippen molar-refractivity contribution in [3.63, 3.8) is 0 Å². The number of carbonyl (C=O) groups excluding carboxylic acids is 1. The van der Waals surface area contributed by atoms with Crippen LogP contribution in [-0.4, -0.2) is 32.0 Å². The minimum Gasteiger partial charge on any atom is -0.432 e. The molecule has 0 saturated carbocycles. The summed E-state index contributed by atoms with van der Waals surface area (Å²) in [6, 6.07) is 22.2. The van der Waals surface area contributed by atoms with E-state index in [4.69, 9.17) is 14.4 Å². The Hall–Kier alpha value is -4.46. The highest BCUT2D eigenvalue weighted by Crippen LogP contribution is 2.18. The maximum absolute atomic E-state index is 14.2. The van der Waals surface area contributed by atoms with Crippen LogP contribution in [0.2, 0.25) is 0 Å². The molecule has 0 heterocycles. The maximum Gasteiger partial charge on any atom is 0.278 e. The van der Waals surface area contributed by atoms with Gasteiger partial charge in [0.1, 0.15) is 19.5 Å². The Morgan fingerprint density at radius 1 is 1.00 bits per heavy atom. The van der Waals surface area contributed by atoms with E-state index >= 15 is 0 Å². The molecule has 0 aliphatic rings. The van der Waals surface area contributed by atoms with Crippen LogP contribution in [0.15, 0.2) is 95.2 Å². The van der Waals surface area contributed by atoms with Crippen molar-refractivity contribution in [1.29, 1.82) is 0 Å². The third kappa shape index (κ3) is 7.03. The quantitative estimate of drug-likeness (QED) is 0.270. The lowest BCUT2D eigenvalue weighted by Gasteiger charge is -2.09. The second-order valence-electron chi connectivity index (χ2n) is 6.90. The third-order valence-electron chi connectivity index (χ3n) is 4.55. The first-order valence-electron chi connectivity index (χ1n) is 10.4. The molecular weight excluding hydrogens is 437 g/mol. The number of amides is 1. The van der Waals surface area contributed by atoms with Crippen molar-refractivity contribution in [1.82, 2.24) is 5.32 Å². The SMILES string of the molecule is CNC(=O)/C(=N/OC)c1ccccc1CO/N=C/c1cccc(O/C(F)=C\c2ccccc2)c1. The summed E-state index contributed by atoms with van der Waals surface area (Å²) < 4.78 is 19.4. The molecule has 0 aliphatic heterocycles. The van der Waals surface area contributed by atoms with Gasteiger partial charge in [-0.05, 0) is 23.3 Å². The molecule has 0 radical (unpaired) electrons. The summed E-state index contributed by atoms with van der Waals surface area (Å²) in [5.74, 6) is -0.0619. The van der Waals surface area contributed by atoms with E-state index in [1.807, 2.05) is 24.3 Å². The zero-order chi connectivity index (χ0) is 24.2. The molecule has 0 fully saturated rings. The third-order valence-corrected chi connectivity index (χ3v) is 4.55. The predicted molar refractivity (Wildman–Crippen MR) is 129 cm³/mol. The molecule has 0 aromatic heterocycles. The summed E-state index contributed by atoms with van der Waals surface area (Å²) >= 11 is 0. The Morgan fingerprint density at radius 3 is 2.50 bits per heavy atom. The fourth-order valence-electron chi connectivity index (χ4n) is 2.99. The summed E-state index contributed by atoms with van der Waals surface area (Å²) in [4.78, 5) is 22.4. The number of likely N-dealkylation sites (N-methyl/N-ethyl adjacent to an activating group) is 1. The Balaban J connectivity index is 1.64. The monoisotopic (exact) mass is 461 g/mol. The molecule has 8 heteroatoms. The van der Waals surface area contributed by atoms with E-state index in [1.165, 1.54) is 26.4 Å². The Morgan fingerprint density at radius 2 is 1.74 bits per heavy atom. The van der Waals surface area contributed by atoms with Gasteiger partial charge in [0.2, 0.25) is 0 Å². The van der Waals surface area contributed by atoms with E-state index in [0.29, 0.717) is 28.0 Å². The molecule has 0 aliphatic carbocycles. The summed E-state index contributed by atoms with van der Waals surface area (Å²) in [7, 11) is 2.88. The first-order valence-corrected chi connectivity index (χ1v) is 10.4. The highest BCUT2D eigenvalue weighted by molar-refractivity contribution is 6.45. The van der Waals surface area contributed by atoms with Crippen LogP contribution >= 0.6 is 0 Å². The molecule has 0 saturated heterocycles. The van der Waals surface area contributed by atoms with E-state index in [0.717, 1.165) is 0 Å². The Kier molecular flexibility index (Phi) is 8.92. The number of benzene rings is 3. The lowest BCUT2D eigenvalue weighted by atomic mass is 10.0. The molecule has 0 spiro atoms. The van der Waals surface area contributed by atoms with Crippen LogP contribution in [0.4, 0.5) is 4.39 Å². The summed E-state index contributed by atoms with van der Waals surface area (Å²) in [6.45, 7) is 0.0943. The Bertz CT molecular complexity index is 1190. The highest BCUT2D eigenvalue weighted by Gasteiger charge is 2.17. The van der Waals surface area contributed by atoms with Gasteiger partial charge in [0.05, 0.1) is 6.21 Å². The number of hydrogen-bond acceptors (Lipinski definition) is 6. The first-order chi connectivity index (χ1) is 16.6. The van der Waals surface area contributed by atoms with Crippen molar-refractivity contribution in [2.75, 3.05) is 14.2 Å². The largest absolute Gasteiger partial charge is 0.432 e. The maximum atomic E-state index is 14.2. The lowest BCUT2D eigenvalue weighted by molar-refractivity contribution is -0.114. The number of ether oxygens (including phenoxy) is 1. The van der Waals surface area contributed by atoms with Gasteiger partial charge < -0.3 is 19.7 Å². The van der Waals surface area contributed by atoms with Gasteiger partial charge >= 0.3 is 0 Å². The fourth-order valence-corrected chi connectivity index (χ4v) is 2.99. The first kappa shape index (κ1) is 24.2. The van der Waals surface area contributed by atoms with Crippen molar-refractivity contribution in [3.8, 4) is 5.75 Å². The number of rotatable bonds is 10. The second kappa shape index (κ2) is 12.5. The van der Waals surface area contributed by atoms with Crippen LogP contribution in [0.5, 0.6) is 5.75 Å². The van der Waals surface area contributed by atoms with Crippen LogP contribution in [0.3, 0.4) is 0 Å². The number of oxime groups is 2. The van der Waals surface area contributed by atoms with Crippen molar-refractivity contribution in [2.45, 2.75) is 6.61 Å². The van der Waals surface area contributed by atoms with Gasteiger partial charge in [0, 0.05) is 24.3 Å². The van der Waals surface area contributed by atoms with Gasteiger partial charge in [-0.2, -0.15) is 4.39 Å². The van der Waals surface area contributed by atoms with Gasteiger partial charge in [-0.25, -0.2) is 0 Å². The van der Waals surface area contributed by atoms with Crippen molar-refractivity contribution < 1.29 is 23.6 Å². The number of hydrogen-bond donors (Lipinski definition) is 1. The summed E-state index contributed by atoms with van der Waals surface area (Å²) in [5, 5.41) is 10.3. The molecule has 1 amide bonds. The molecular formula is C26H24FN3O4. The normalized spacial score (nSPS) is 11.9. The average Bonchev–Trinajstić information content (AvgIpc) is 2.86. The zero-order valence-electron chi connectivity index (χ0n) is 18.8. The molecule has 7 nitrogen and oxygen atoms in total. The van der Waals surface area contributed by atoms with Gasteiger partial charge in [-0.3, -0.25) is 4.79 Å². The van der Waals surface area contributed by atoms with Gasteiger partial charge in [-0.1, -0.05) is 77.0 Å². The molecule has 1 N–H and O–H groups in total. The molecule has 0 unspecified atom stereocenters. The predicted octanol–water partition coefficient (Wildman–Crippen LogP) is 4.68. The Labute approximate surface area is 197 Å². The number of halogens is 1. The molecule has 3 aromatic rings. The van der Waals surface area contributed by atoms with Crippen molar-refractivity contribution in [2.24, 2.45) is 10.3 Å². The molecule has 34 heavy (non-hydrogen) atoms. The molecule has 0 bridgehead atoms. The minimum absolute atomic E-state index is 0.0943. The van der Waals surface area contributed by atoms with E-state index in [9.17, 15) is 9.18 Å². The van der Waals surface area contributed by atoms with Crippen LogP contribution < -0.4 is 10.1 Å². The van der Waals surface area contributed by atoms with E-state index in [2.05, 4.69) is 15.6 Å². The summed E-state index contributed by atoms with van der Waals surface area (Å²) in [5.41, 5.74) is 2.75. The van der Waals surface area contributed by atoms with Crippen LogP contribution in [0.1, 0.15) is 22.3 Å². The van der Waals surface area contributed by atoms with Crippen molar-refractivity contribution in [3.05, 3.63) is 107 Å². The van der Waals surface area contributed by atoms with Crippen LogP contribution in [0.25, 0.3) is 6.08 Å². The fraction of sp³-hybridized carbons (Fsp3) is 0.115. The van der Waals surface area contributed by atoms with E-state index < -0.39 is 6.01 Å². The number of nitrogens with zero attached hydrogens (tertiary/aromatic N) is 2. The number of carbonyl (C=O) groups is 1. The molecule has 174 valence electrons. The molecule has 0 atom stereocenters. The van der Waals surface area contributed by atoms with E-state index in [-0.39, 0.29) is 18.2 Å². The molecule has 3 aromatic carbocycles. The lowest BCUT2D eigenvalue weighted by Crippen LogP contribution is -2.29. The molecule has 3 rings (SSSR count). The smallest absolute Gasteiger partial charge is 0.278 e. The van der Waals surface area contributed by atoms with Crippen LogP contribution in [0, 0.1) is 0 Å². The topological polar surface area (TPSA) is 81.5 Å². The van der Waals surface area contributed by atoms with Gasteiger partial charge in [0.15, 0.2) is 5.71 Å². The van der Waals surface area contributed by atoms with E-state index in [1.54, 1.807) is 54.6 Å². The number of nitrogens with one attached hydrogen (secondary N) is 1. The highest BCUT2D eigenvalue weighted by atomic mass is 19.1.